The second-order valence-electron chi connectivity index (χ2n) is 9.00. The van der Waals surface area contributed by atoms with E-state index in [9.17, 15) is 4.79 Å². The van der Waals surface area contributed by atoms with Gasteiger partial charge in [0.2, 0.25) is 5.91 Å². The van der Waals surface area contributed by atoms with Gasteiger partial charge in [-0.1, -0.05) is 35.5 Å². The molecule has 1 saturated heterocycles. The molecule has 1 N–H and O–H groups in total. The van der Waals surface area contributed by atoms with Crippen molar-refractivity contribution in [2.24, 2.45) is 5.92 Å². The minimum atomic E-state index is 0.109. The fraction of sp³-hybridized carbons (Fsp3) is 0.500. The molecule has 1 amide bonds. The Labute approximate surface area is 196 Å². The van der Waals surface area contributed by atoms with E-state index in [0.29, 0.717) is 0 Å². The van der Waals surface area contributed by atoms with Crippen LogP contribution in [-0.4, -0.2) is 35.5 Å². The molecule has 1 aromatic carbocycles. The predicted octanol–water partition coefficient (Wildman–Crippen LogP) is 5.47. The molecule has 2 aromatic rings. The maximum atomic E-state index is 12.6. The summed E-state index contributed by atoms with van der Waals surface area (Å²) in [7, 11) is 0. The van der Waals surface area contributed by atoms with E-state index < -0.39 is 0 Å². The van der Waals surface area contributed by atoms with E-state index in [4.69, 9.17) is 0 Å². The second-order valence-corrected chi connectivity index (χ2v) is 10.1. The number of piperidine rings is 1. The van der Waals surface area contributed by atoms with E-state index in [1.54, 1.807) is 18.1 Å². The minimum Gasteiger partial charge on any atom is -0.356 e. The average molecular weight is 451 g/mol. The maximum absolute atomic E-state index is 12.6. The van der Waals surface area contributed by atoms with Crippen LogP contribution in [0, 0.1) is 19.8 Å². The molecule has 1 aromatic heterocycles. The van der Waals surface area contributed by atoms with E-state index in [-0.39, 0.29) is 11.8 Å². The SMILES string of the molecule is Cc1ccc(C)c(Sc2cc(N3CCC(C(=O)NCCC4=CCCCC4)CC3)ncn2)c1. The van der Waals surface area contributed by atoms with E-state index in [1.165, 1.54) is 47.3 Å². The first-order valence-corrected chi connectivity index (χ1v) is 12.7. The molecule has 6 heteroatoms. The highest BCUT2D eigenvalue weighted by Crippen LogP contribution is 2.31. The van der Waals surface area contributed by atoms with Crippen molar-refractivity contribution in [3.63, 3.8) is 0 Å². The molecule has 0 spiro atoms. The number of amides is 1. The molecule has 0 atom stereocenters. The Morgan fingerprint density at radius 1 is 1.16 bits per heavy atom. The van der Waals surface area contributed by atoms with E-state index >= 15 is 0 Å². The molecule has 5 nitrogen and oxygen atoms in total. The Hall–Kier alpha value is -2.34. The lowest BCUT2D eigenvalue weighted by Crippen LogP contribution is -2.41. The minimum absolute atomic E-state index is 0.109. The number of carbonyl (C=O) groups is 1. The van der Waals surface area contributed by atoms with Gasteiger partial charge in [-0.2, -0.15) is 0 Å². The van der Waals surface area contributed by atoms with Gasteiger partial charge in [-0.05, 0) is 76.0 Å². The van der Waals surface area contributed by atoms with E-state index in [0.717, 1.165) is 49.7 Å². The fourth-order valence-corrected chi connectivity index (χ4v) is 5.44. The molecule has 1 aliphatic carbocycles. The van der Waals surface area contributed by atoms with Gasteiger partial charge in [0.15, 0.2) is 0 Å². The lowest BCUT2D eigenvalue weighted by molar-refractivity contribution is -0.125. The van der Waals surface area contributed by atoms with Crippen LogP contribution in [0.4, 0.5) is 5.82 Å². The molecule has 0 unspecified atom stereocenters. The second kappa shape index (κ2) is 11.0. The van der Waals surface area contributed by atoms with Crippen LogP contribution in [0.3, 0.4) is 0 Å². The quantitative estimate of drug-likeness (QED) is 0.448. The number of carbonyl (C=O) groups excluding carboxylic acids is 1. The standard InChI is InChI=1S/C26H34N4OS/c1-19-8-9-20(2)23(16-19)32-25-17-24(28-18-29-25)30-14-11-22(12-15-30)26(31)27-13-10-21-6-4-3-5-7-21/h6,8-9,16-18,22H,3-5,7,10-15H2,1-2H3,(H,27,31). The van der Waals surface area contributed by atoms with Crippen molar-refractivity contribution >= 4 is 23.5 Å². The highest BCUT2D eigenvalue weighted by molar-refractivity contribution is 7.99. The highest BCUT2D eigenvalue weighted by atomic mass is 32.2. The zero-order valence-electron chi connectivity index (χ0n) is 19.3. The molecule has 0 saturated carbocycles. The van der Waals surface area contributed by atoms with Gasteiger partial charge in [-0.25, -0.2) is 9.97 Å². The fourth-order valence-electron chi connectivity index (χ4n) is 4.48. The number of allylic oxidation sites excluding steroid dienone is 1. The summed E-state index contributed by atoms with van der Waals surface area (Å²) in [5.41, 5.74) is 4.03. The molecule has 1 aliphatic heterocycles. The molecule has 170 valence electrons. The van der Waals surface area contributed by atoms with Crippen LogP contribution < -0.4 is 10.2 Å². The number of anilines is 1. The van der Waals surface area contributed by atoms with Crippen LogP contribution >= 0.6 is 11.8 Å². The summed E-state index contributed by atoms with van der Waals surface area (Å²) in [5.74, 6) is 1.28. The van der Waals surface area contributed by atoms with Gasteiger partial charge in [0, 0.05) is 36.5 Å². The van der Waals surface area contributed by atoms with Gasteiger partial charge in [0.1, 0.15) is 17.2 Å². The number of rotatable bonds is 7. The number of aromatic nitrogens is 2. The molecular weight excluding hydrogens is 416 g/mol. The summed E-state index contributed by atoms with van der Waals surface area (Å²) >= 11 is 1.69. The number of aryl methyl sites for hydroxylation is 2. The molecule has 2 aliphatic rings. The molecular formula is C26H34N4OS. The Morgan fingerprint density at radius 3 is 2.78 bits per heavy atom. The Balaban J connectivity index is 1.27. The van der Waals surface area contributed by atoms with Crippen molar-refractivity contribution in [1.29, 1.82) is 0 Å². The summed E-state index contributed by atoms with van der Waals surface area (Å²) in [5, 5.41) is 4.13. The van der Waals surface area contributed by atoms with E-state index in [1.807, 2.05) is 0 Å². The maximum Gasteiger partial charge on any atom is 0.223 e. The third kappa shape index (κ3) is 6.12. The number of nitrogens with zero attached hydrogens (tertiary/aromatic N) is 3. The van der Waals surface area contributed by atoms with Crippen molar-refractivity contribution in [1.82, 2.24) is 15.3 Å². The topological polar surface area (TPSA) is 58.1 Å². The summed E-state index contributed by atoms with van der Waals surface area (Å²) in [6.07, 6.45) is 11.8. The zero-order valence-corrected chi connectivity index (χ0v) is 20.1. The normalized spacial score (nSPS) is 17.2. The molecule has 4 rings (SSSR count). The Kier molecular flexibility index (Phi) is 7.85. The van der Waals surface area contributed by atoms with Gasteiger partial charge in [0.05, 0.1) is 0 Å². The number of nitrogens with one attached hydrogen (secondary N) is 1. The zero-order chi connectivity index (χ0) is 22.3. The number of hydrogen-bond donors (Lipinski definition) is 1. The lowest BCUT2D eigenvalue weighted by atomic mass is 9.95. The van der Waals surface area contributed by atoms with Crippen molar-refractivity contribution in [3.8, 4) is 0 Å². The molecule has 1 fully saturated rings. The smallest absolute Gasteiger partial charge is 0.223 e. The van der Waals surface area contributed by atoms with Crippen LogP contribution in [0.1, 0.15) is 56.1 Å². The molecule has 32 heavy (non-hydrogen) atoms. The summed E-state index contributed by atoms with van der Waals surface area (Å²) in [4.78, 5) is 25.1. The van der Waals surface area contributed by atoms with Gasteiger partial charge in [-0.3, -0.25) is 4.79 Å². The van der Waals surface area contributed by atoms with Crippen molar-refractivity contribution < 1.29 is 4.79 Å². The lowest BCUT2D eigenvalue weighted by Gasteiger charge is -2.32. The summed E-state index contributed by atoms with van der Waals surface area (Å²) < 4.78 is 0. The first-order valence-electron chi connectivity index (χ1n) is 11.9. The van der Waals surface area contributed by atoms with Crippen LogP contribution in [0.15, 0.2) is 52.2 Å². The predicted molar refractivity (Wildman–Crippen MR) is 131 cm³/mol. The number of hydrogen-bond acceptors (Lipinski definition) is 5. The number of benzene rings is 1. The molecule has 2 heterocycles. The van der Waals surface area contributed by atoms with Crippen molar-refractivity contribution in [2.45, 2.75) is 68.7 Å². The largest absolute Gasteiger partial charge is 0.356 e. The van der Waals surface area contributed by atoms with Crippen LogP contribution in [0.5, 0.6) is 0 Å². The van der Waals surface area contributed by atoms with Gasteiger partial charge in [0.25, 0.3) is 0 Å². The van der Waals surface area contributed by atoms with Crippen LogP contribution in [-0.2, 0) is 4.79 Å². The highest BCUT2D eigenvalue weighted by Gasteiger charge is 2.25. The van der Waals surface area contributed by atoms with Gasteiger partial charge >= 0.3 is 0 Å². The first-order chi connectivity index (χ1) is 15.6. The van der Waals surface area contributed by atoms with Crippen LogP contribution in [0.2, 0.25) is 0 Å². The van der Waals surface area contributed by atoms with Crippen molar-refractivity contribution in [2.75, 3.05) is 24.5 Å². The average Bonchev–Trinajstić information content (AvgIpc) is 2.82. The molecule has 0 radical (unpaired) electrons. The summed E-state index contributed by atoms with van der Waals surface area (Å²) in [6.45, 7) is 6.73. The first kappa shape index (κ1) is 22.8. The monoisotopic (exact) mass is 450 g/mol. The third-order valence-electron chi connectivity index (χ3n) is 6.51. The summed E-state index contributed by atoms with van der Waals surface area (Å²) in [6, 6.07) is 8.57. The third-order valence-corrected chi connectivity index (χ3v) is 7.60. The Morgan fingerprint density at radius 2 is 2.00 bits per heavy atom. The van der Waals surface area contributed by atoms with Crippen molar-refractivity contribution in [3.05, 3.63) is 53.4 Å². The molecule has 0 bridgehead atoms. The van der Waals surface area contributed by atoms with Gasteiger partial charge < -0.3 is 10.2 Å². The van der Waals surface area contributed by atoms with Gasteiger partial charge in [-0.15, -0.1) is 0 Å². The van der Waals surface area contributed by atoms with Crippen LogP contribution in [0.25, 0.3) is 0 Å². The Bertz CT molecular complexity index is 966. The van der Waals surface area contributed by atoms with E-state index in [2.05, 4.69) is 64.4 Å².